The van der Waals surface area contributed by atoms with Crippen molar-refractivity contribution in [3.63, 3.8) is 0 Å². The average Bonchev–Trinajstić information content (AvgIpc) is 3.24. The smallest absolute Gasteiger partial charge is 0.398 e. The number of fused-ring (bicyclic) bond motifs is 1. The van der Waals surface area contributed by atoms with E-state index in [9.17, 15) is 28.3 Å². The van der Waals surface area contributed by atoms with Crippen LogP contribution < -0.4 is 5.11 Å². The fraction of sp³-hybridized carbons (Fsp3) is 0.857. The number of alkyl halides is 2. The Morgan fingerprint density at radius 2 is 1.80 bits per heavy atom. The molecule has 30 heavy (non-hydrogen) atoms. The van der Waals surface area contributed by atoms with Crippen LogP contribution in [0.1, 0.15) is 51.4 Å². The monoisotopic (exact) mass is 425 g/mol. The third kappa shape index (κ3) is 2.47. The van der Waals surface area contributed by atoms with Crippen LogP contribution in [0.2, 0.25) is 0 Å². The van der Waals surface area contributed by atoms with Crippen LogP contribution in [0.3, 0.4) is 0 Å². The summed E-state index contributed by atoms with van der Waals surface area (Å²) in [5.74, 6) is -3.05. The van der Waals surface area contributed by atoms with Crippen molar-refractivity contribution in [1.82, 2.24) is 0 Å². The summed E-state index contributed by atoms with van der Waals surface area (Å²) in [6.45, 7) is 0. The van der Waals surface area contributed by atoms with Crippen LogP contribution in [-0.4, -0.2) is 41.8 Å². The Bertz CT molecular complexity index is 827. The average molecular weight is 425 g/mol. The molecule has 6 bridgehead atoms. The molecule has 0 spiro atoms. The van der Waals surface area contributed by atoms with Crippen LogP contribution in [0.25, 0.3) is 0 Å². The molecule has 7 unspecified atom stereocenters. The summed E-state index contributed by atoms with van der Waals surface area (Å²) in [5, 5.41) is 10.8. The maximum atomic E-state index is 13.9. The number of hydrogen-bond acceptors (Lipinski definition) is 7. The Hall–Kier alpha value is -1.77. The van der Waals surface area contributed by atoms with Crippen molar-refractivity contribution in [1.29, 1.82) is 0 Å². The van der Waals surface area contributed by atoms with Crippen LogP contribution in [0.4, 0.5) is 8.78 Å². The van der Waals surface area contributed by atoms with Gasteiger partial charge < -0.3 is 24.1 Å². The van der Waals surface area contributed by atoms with Crippen LogP contribution in [-0.2, 0) is 28.6 Å². The Labute approximate surface area is 171 Å². The lowest BCUT2D eigenvalue weighted by atomic mass is 9.48. The number of ether oxygens (including phenoxy) is 3. The summed E-state index contributed by atoms with van der Waals surface area (Å²) in [7, 11) is 0. The first-order valence-corrected chi connectivity index (χ1v) is 10.8. The molecule has 7 atom stereocenters. The Kier molecular flexibility index (Phi) is 3.61. The van der Waals surface area contributed by atoms with E-state index in [1.54, 1.807) is 0 Å². The molecule has 0 aromatic rings. The predicted octanol–water partition coefficient (Wildman–Crippen LogP) is 1.18. The zero-order chi connectivity index (χ0) is 21.1. The molecule has 7 rings (SSSR count). The van der Waals surface area contributed by atoms with Gasteiger partial charge in [-0.2, -0.15) is 8.78 Å². The molecule has 6 saturated carbocycles. The minimum absolute atomic E-state index is 0.0186. The Morgan fingerprint density at radius 1 is 1.10 bits per heavy atom. The number of halogens is 2. The van der Waals surface area contributed by atoms with Gasteiger partial charge in [0, 0.05) is 11.8 Å². The Morgan fingerprint density at radius 3 is 2.47 bits per heavy atom. The van der Waals surface area contributed by atoms with Crippen molar-refractivity contribution < 1.29 is 42.5 Å². The first-order valence-electron chi connectivity index (χ1n) is 10.8. The fourth-order valence-corrected chi connectivity index (χ4v) is 8.16. The normalized spacial score (nSPS) is 50.1. The summed E-state index contributed by atoms with van der Waals surface area (Å²) in [6.07, 6.45) is -1.22. The number of carboxylic acids is 1. The van der Waals surface area contributed by atoms with E-state index in [-0.39, 0.29) is 42.0 Å². The number of carboxylic acid groups (broad SMARTS) is 1. The molecule has 1 saturated heterocycles. The molecular formula is C21H23F2O7-. The van der Waals surface area contributed by atoms with Crippen molar-refractivity contribution in [2.75, 3.05) is 0 Å². The lowest BCUT2D eigenvalue weighted by molar-refractivity contribution is -0.387. The van der Waals surface area contributed by atoms with Crippen LogP contribution >= 0.6 is 0 Å². The topological polar surface area (TPSA) is 102 Å². The molecule has 1 aliphatic heterocycles. The molecule has 1 heterocycles. The van der Waals surface area contributed by atoms with E-state index >= 15 is 0 Å². The molecule has 6 aliphatic carbocycles. The summed E-state index contributed by atoms with van der Waals surface area (Å²) in [6, 6.07) is 0. The number of hydrogen-bond donors (Lipinski definition) is 0. The third-order valence-corrected chi connectivity index (χ3v) is 8.68. The Balaban J connectivity index is 1.24. The highest BCUT2D eigenvalue weighted by molar-refractivity contribution is 5.79. The predicted molar refractivity (Wildman–Crippen MR) is 90.3 cm³/mol. The standard InChI is InChI=1S/C21H24F2O7/c22-21(23,17(25)26)30-20-6-9-1-10(7-20)5-19(4-9,8-20)18(27)29-14-11-2-12-13(3-11)16(24)28-15(12)14/h9-15H,1-8H2,(H,25,26)/p-1. The number of rotatable bonds is 5. The highest BCUT2D eigenvalue weighted by Gasteiger charge is 2.67. The van der Waals surface area contributed by atoms with E-state index in [2.05, 4.69) is 0 Å². The fourth-order valence-electron chi connectivity index (χ4n) is 8.16. The lowest BCUT2D eigenvalue weighted by Gasteiger charge is -2.60. The van der Waals surface area contributed by atoms with Crippen LogP contribution in [0.5, 0.6) is 0 Å². The summed E-state index contributed by atoms with van der Waals surface area (Å²) >= 11 is 0. The second-order valence-corrected chi connectivity index (χ2v) is 10.6. The van der Waals surface area contributed by atoms with E-state index in [0.29, 0.717) is 32.1 Å². The summed E-state index contributed by atoms with van der Waals surface area (Å²) < 4.78 is 44.1. The minimum Gasteiger partial charge on any atom is -0.542 e. The van der Waals surface area contributed by atoms with Crippen LogP contribution in [0.15, 0.2) is 0 Å². The highest BCUT2D eigenvalue weighted by Crippen LogP contribution is 2.64. The highest BCUT2D eigenvalue weighted by atomic mass is 19.3. The molecule has 9 heteroatoms. The summed E-state index contributed by atoms with van der Waals surface area (Å²) in [5.41, 5.74) is -2.30. The van der Waals surface area contributed by atoms with E-state index in [0.717, 1.165) is 12.8 Å². The molecule has 7 fully saturated rings. The molecular weight excluding hydrogens is 402 g/mol. The van der Waals surface area contributed by atoms with Gasteiger partial charge in [-0.1, -0.05) is 0 Å². The quantitative estimate of drug-likeness (QED) is 0.610. The molecule has 0 aromatic heterocycles. The minimum atomic E-state index is -4.39. The van der Waals surface area contributed by atoms with Gasteiger partial charge in [0.1, 0.15) is 18.2 Å². The zero-order valence-corrected chi connectivity index (χ0v) is 16.3. The van der Waals surface area contributed by atoms with Gasteiger partial charge >= 0.3 is 18.0 Å². The largest absolute Gasteiger partial charge is 0.542 e. The maximum Gasteiger partial charge on any atom is 0.398 e. The second-order valence-electron chi connectivity index (χ2n) is 10.6. The molecule has 164 valence electrons. The van der Waals surface area contributed by atoms with E-state index in [1.165, 1.54) is 0 Å². The van der Waals surface area contributed by atoms with Crippen LogP contribution in [0, 0.1) is 35.0 Å². The van der Waals surface area contributed by atoms with Gasteiger partial charge in [-0.15, -0.1) is 0 Å². The lowest BCUT2D eigenvalue weighted by Crippen LogP contribution is -2.62. The van der Waals surface area contributed by atoms with Crippen molar-refractivity contribution in [3.05, 3.63) is 0 Å². The zero-order valence-electron chi connectivity index (χ0n) is 16.3. The molecule has 7 aliphatic rings. The first kappa shape index (κ1) is 19.0. The number of carbonyl (C=O) groups excluding carboxylic acids is 3. The van der Waals surface area contributed by atoms with E-state index in [1.807, 2.05) is 0 Å². The number of esters is 2. The van der Waals surface area contributed by atoms with E-state index in [4.69, 9.17) is 14.2 Å². The maximum absolute atomic E-state index is 13.9. The van der Waals surface area contributed by atoms with Crippen molar-refractivity contribution in [3.8, 4) is 0 Å². The second kappa shape index (κ2) is 5.72. The van der Waals surface area contributed by atoms with Gasteiger partial charge in [0.05, 0.1) is 16.9 Å². The van der Waals surface area contributed by atoms with Gasteiger partial charge in [-0.05, 0) is 63.2 Å². The van der Waals surface area contributed by atoms with Crippen molar-refractivity contribution >= 4 is 17.9 Å². The molecule has 7 nitrogen and oxygen atoms in total. The number of carbonyl (C=O) groups is 3. The molecule has 0 aromatic carbocycles. The third-order valence-electron chi connectivity index (χ3n) is 8.68. The van der Waals surface area contributed by atoms with Gasteiger partial charge in [-0.3, -0.25) is 9.59 Å². The van der Waals surface area contributed by atoms with Gasteiger partial charge in [-0.25, -0.2) is 0 Å². The van der Waals surface area contributed by atoms with Crippen molar-refractivity contribution in [2.24, 2.45) is 35.0 Å². The number of aliphatic carboxylic acids is 1. The van der Waals surface area contributed by atoms with Gasteiger partial charge in [0.2, 0.25) is 0 Å². The van der Waals surface area contributed by atoms with E-state index < -0.39 is 41.3 Å². The SMILES string of the molecule is O=C1OC2C3CC(CC13)C2OC(=O)C12CC3CC(CC(OC(F)(F)C(=O)[O-])(C3)C1)C2. The molecule has 0 amide bonds. The molecule has 0 radical (unpaired) electrons. The molecule has 0 N–H and O–H groups in total. The van der Waals surface area contributed by atoms with Crippen molar-refractivity contribution in [2.45, 2.75) is 75.3 Å². The van der Waals surface area contributed by atoms with Gasteiger partial charge in [0.25, 0.3) is 0 Å². The summed E-state index contributed by atoms with van der Waals surface area (Å²) in [4.78, 5) is 36.2. The first-order chi connectivity index (χ1) is 14.1. The van der Waals surface area contributed by atoms with Gasteiger partial charge in [0.15, 0.2) is 0 Å².